The second-order valence-corrected chi connectivity index (χ2v) is 4.44. The monoisotopic (exact) mass is 267 g/mol. The summed E-state index contributed by atoms with van der Waals surface area (Å²) in [6.45, 7) is 0. The van der Waals surface area contributed by atoms with Crippen LogP contribution in [-0.2, 0) is 7.05 Å². The number of nitrogens with two attached hydrogens (primary N) is 1. The predicted octanol–water partition coefficient (Wildman–Crippen LogP) is 2.19. The van der Waals surface area contributed by atoms with Crippen molar-refractivity contribution in [3.63, 3.8) is 0 Å². The molecule has 6 heteroatoms. The summed E-state index contributed by atoms with van der Waals surface area (Å²) >= 11 is 0. The summed E-state index contributed by atoms with van der Waals surface area (Å²) < 4.78 is 2.02. The molecule has 100 valence electrons. The van der Waals surface area contributed by atoms with Gasteiger partial charge in [0.25, 0.3) is 0 Å². The third-order valence-electron chi connectivity index (χ3n) is 3.17. The number of urea groups is 1. The Morgan fingerprint density at radius 2 is 2.05 bits per heavy atom. The Hall–Kier alpha value is -2.89. The van der Waals surface area contributed by atoms with Gasteiger partial charge in [0, 0.05) is 24.1 Å². The maximum atomic E-state index is 11.7. The van der Waals surface area contributed by atoms with Gasteiger partial charge < -0.3 is 10.3 Å². The van der Waals surface area contributed by atoms with Crippen molar-refractivity contribution >= 4 is 28.3 Å². The van der Waals surface area contributed by atoms with E-state index in [1.165, 1.54) is 17.3 Å². The molecule has 0 fully saturated rings. The molecule has 0 spiro atoms. The van der Waals surface area contributed by atoms with Gasteiger partial charge in [-0.25, -0.2) is 4.79 Å². The molecule has 0 bridgehead atoms. The SMILES string of the molecule is Cn1ccc2cc(N(C(N)=O)c3ccnnc3)ccc21. The molecule has 2 aromatic heterocycles. The van der Waals surface area contributed by atoms with Gasteiger partial charge in [-0.3, -0.25) is 4.90 Å². The lowest BCUT2D eigenvalue weighted by molar-refractivity contribution is 0.256. The molecule has 0 saturated carbocycles. The fourth-order valence-electron chi connectivity index (χ4n) is 2.23. The van der Waals surface area contributed by atoms with Gasteiger partial charge in [0.05, 0.1) is 23.8 Å². The van der Waals surface area contributed by atoms with Crippen LogP contribution in [0, 0.1) is 0 Å². The summed E-state index contributed by atoms with van der Waals surface area (Å²) in [5, 5.41) is 8.52. The molecule has 20 heavy (non-hydrogen) atoms. The highest BCUT2D eigenvalue weighted by molar-refractivity contribution is 6.00. The van der Waals surface area contributed by atoms with Gasteiger partial charge in [-0.2, -0.15) is 10.2 Å². The Bertz CT molecular complexity index is 766. The minimum atomic E-state index is -0.562. The van der Waals surface area contributed by atoms with Crippen molar-refractivity contribution in [1.29, 1.82) is 0 Å². The number of amides is 2. The van der Waals surface area contributed by atoms with Crippen LogP contribution in [0.1, 0.15) is 0 Å². The normalized spacial score (nSPS) is 10.7. The fourth-order valence-corrected chi connectivity index (χ4v) is 2.23. The molecule has 0 atom stereocenters. The van der Waals surface area contributed by atoms with E-state index in [2.05, 4.69) is 10.2 Å². The Morgan fingerprint density at radius 1 is 1.20 bits per heavy atom. The summed E-state index contributed by atoms with van der Waals surface area (Å²) in [6.07, 6.45) is 4.99. The predicted molar refractivity (Wildman–Crippen MR) is 76.7 cm³/mol. The van der Waals surface area contributed by atoms with E-state index in [1.54, 1.807) is 6.07 Å². The second kappa shape index (κ2) is 4.65. The van der Waals surface area contributed by atoms with E-state index in [-0.39, 0.29) is 0 Å². The zero-order valence-corrected chi connectivity index (χ0v) is 10.9. The van der Waals surface area contributed by atoms with Crippen LogP contribution in [0.4, 0.5) is 16.2 Å². The molecule has 0 aliphatic carbocycles. The minimum absolute atomic E-state index is 0.562. The van der Waals surface area contributed by atoms with Gasteiger partial charge in [-0.05, 0) is 30.3 Å². The first-order valence-electron chi connectivity index (χ1n) is 6.08. The van der Waals surface area contributed by atoms with E-state index < -0.39 is 6.03 Å². The number of aromatic nitrogens is 3. The van der Waals surface area contributed by atoms with Crippen molar-refractivity contribution in [3.05, 3.63) is 48.9 Å². The first-order chi connectivity index (χ1) is 9.66. The molecule has 2 heterocycles. The average Bonchev–Trinajstić information content (AvgIpc) is 2.81. The topological polar surface area (TPSA) is 77.0 Å². The maximum absolute atomic E-state index is 11.7. The number of carbonyl (C=O) groups is 1. The first-order valence-corrected chi connectivity index (χ1v) is 6.08. The molecule has 1 aromatic carbocycles. The lowest BCUT2D eigenvalue weighted by Crippen LogP contribution is -2.31. The number of primary amides is 1. The van der Waals surface area contributed by atoms with Gasteiger partial charge in [-0.15, -0.1) is 0 Å². The van der Waals surface area contributed by atoms with Crippen LogP contribution in [0.15, 0.2) is 48.9 Å². The summed E-state index contributed by atoms with van der Waals surface area (Å²) in [4.78, 5) is 13.1. The molecule has 0 aliphatic rings. The second-order valence-electron chi connectivity index (χ2n) is 4.44. The molecule has 2 amide bonds. The van der Waals surface area contributed by atoms with Crippen LogP contribution in [-0.4, -0.2) is 20.8 Å². The Kier molecular flexibility index (Phi) is 2.83. The lowest BCUT2D eigenvalue weighted by atomic mass is 10.2. The van der Waals surface area contributed by atoms with Crippen LogP contribution >= 0.6 is 0 Å². The highest BCUT2D eigenvalue weighted by Gasteiger charge is 2.16. The number of nitrogens with zero attached hydrogens (tertiary/aromatic N) is 4. The summed E-state index contributed by atoms with van der Waals surface area (Å²) in [7, 11) is 1.97. The number of anilines is 2. The van der Waals surface area contributed by atoms with Crippen molar-refractivity contribution in [2.24, 2.45) is 12.8 Å². The summed E-state index contributed by atoms with van der Waals surface area (Å²) in [6, 6.07) is 8.84. The van der Waals surface area contributed by atoms with Gasteiger partial charge >= 0.3 is 6.03 Å². The number of carbonyl (C=O) groups excluding carboxylic acids is 1. The van der Waals surface area contributed by atoms with Crippen LogP contribution in [0.2, 0.25) is 0 Å². The Labute approximate surface area is 115 Å². The molecular formula is C14H13N5O. The maximum Gasteiger partial charge on any atom is 0.323 e. The number of fused-ring (bicyclic) bond motifs is 1. The van der Waals surface area contributed by atoms with Crippen molar-refractivity contribution in [3.8, 4) is 0 Å². The number of hydrogen-bond acceptors (Lipinski definition) is 3. The van der Waals surface area contributed by atoms with Crippen LogP contribution < -0.4 is 10.6 Å². The first kappa shape index (κ1) is 12.2. The highest BCUT2D eigenvalue weighted by Crippen LogP contribution is 2.27. The highest BCUT2D eigenvalue weighted by atomic mass is 16.2. The molecule has 0 saturated heterocycles. The molecule has 0 aliphatic heterocycles. The quantitative estimate of drug-likeness (QED) is 0.773. The summed E-state index contributed by atoms with van der Waals surface area (Å²) in [5.74, 6) is 0. The molecule has 0 radical (unpaired) electrons. The van der Waals surface area contributed by atoms with Crippen LogP contribution in [0.3, 0.4) is 0 Å². The summed E-state index contributed by atoms with van der Waals surface area (Å²) in [5.41, 5.74) is 7.86. The van der Waals surface area contributed by atoms with Crippen molar-refractivity contribution < 1.29 is 4.79 Å². The molecule has 3 rings (SSSR count). The smallest absolute Gasteiger partial charge is 0.323 e. The number of rotatable bonds is 2. The van der Waals surface area contributed by atoms with E-state index in [9.17, 15) is 4.79 Å². The van der Waals surface area contributed by atoms with Crippen molar-refractivity contribution in [2.75, 3.05) is 4.90 Å². The third kappa shape index (κ3) is 1.97. The Balaban J connectivity index is 2.12. The van der Waals surface area contributed by atoms with Crippen LogP contribution in [0.25, 0.3) is 10.9 Å². The van der Waals surface area contributed by atoms with Crippen LogP contribution in [0.5, 0.6) is 0 Å². The number of aryl methyl sites for hydroxylation is 1. The van der Waals surface area contributed by atoms with E-state index in [4.69, 9.17) is 5.73 Å². The molecule has 2 N–H and O–H groups in total. The third-order valence-corrected chi connectivity index (χ3v) is 3.17. The molecule has 0 unspecified atom stereocenters. The van der Waals surface area contributed by atoms with Crippen molar-refractivity contribution in [2.45, 2.75) is 0 Å². The van der Waals surface area contributed by atoms with Crippen molar-refractivity contribution in [1.82, 2.24) is 14.8 Å². The number of benzene rings is 1. The standard InChI is InChI=1S/C14H13N5O/c1-18-7-5-10-8-11(2-3-13(10)18)19(14(15)20)12-4-6-16-17-9-12/h2-9H,1H3,(H2,15,20). The van der Waals surface area contributed by atoms with Gasteiger partial charge in [0.1, 0.15) is 0 Å². The van der Waals surface area contributed by atoms with E-state index in [0.717, 1.165) is 10.9 Å². The molecular weight excluding hydrogens is 254 g/mol. The molecule has 3 aromatic rings. The average molecular weight is 267 g/mol. The molecule has 6 nitrogen and oxygen atoms in total. The van der Waals surface area contributed by atoms with Gasteiger partial charge in [0.2, 0.25) is 0 Å². The van der Waals surface area contributed by atoms with E-state index >= 15 is 0 Å². The lowest BCUT2D eigenvalue weighted by Gasteiger charge is -2.20. The van der Waals surface area contributed by atoms with E-state index in [1.807, 2.05) is 42.1 Å². The Morgan fingerprint density at radius 3 is 2.75 bits per heavy atom. The fraction of sp³-hybridized carbons (Fsp3) is 0.0714. The largest absolute Gasteiger partial charge is 0.351 e. The van der Waals surface area contributed by atoms with Gasteiger partial charge in [0.15, 0.2) is 0 Å². The van der Waals surface area contributed by atoms with Gasteiger partial charge in [-0.1, -0.05) is 0 Å². The minimum Gasteiger partial charge on any atom is -0.351 e. The number of hydrogen-bond donors (Lipinski definition) is 1. The zero-order chi connectivity index (χ0) is 14.1. The van der Waals surface area contributed by atoms with E-state index in [0.29, 0.717) is 11.4 Å². The zero-order valence-electron chi connectivity index (χ0n) is 10.9.